The van der Waals surface area contributed by atoms with Gasteiger partial charge in [-0.3, -0.25) is 0 Å². The van der Waals surface area contributed by atoms with E-state index in [0.29, 0.717) is 6.04 Å². The summed E-state index contributed by atoms with van der Waals surface area (Å²) in [6.07, 6.45) is 2.22. The fourth-order valence-electron chi connectivity index (χ4n) is 2.13. The number of piperidine rings is 1. The van der Waals surface area contributed by atoms with Crippen molar-refractivity contribution in [1.29, 1.82) is 0 Å². The van der Waals surface area contributed by atoms with Gasteiger partial charge in [0.25, 0.3) is 0 Å². The Morgan fingerprint density at radius 3 is 2.83 bits per heavy atom. The maximum atomic E-state index is 11.3. The first-order chi connectivity index (χ1) is 8.47. The number of sulfonamides is 1. The minimum atomic E-state index is -3.64. The van der Waals surface area contributed by atoms with E-state index in [4.69, 9.17) is 5.14 Å². The zero-order valence-electron chi connectivity index (χ0n) is 10.4. The Morgan fingerprint density at radius 1 is 1.44 bits per heavy atom. The Kier molecular flexibility index (Phi) is 3.89. The molecule has 1 unspecified atom stereocenters. The number of anilines is 1. The minimum absolute atomic E-state index is 0.152. The molecule has 5 nitrogen and oxygen atoms in total. The van der Waals surface area contributed by atoms with E-state index in [9.17, 15) is 8.42 Å². The van der Waals surface area contributed by atoms with Crippen LogP contribution in [0.25, 0.3) is 0 Å². The molecule has 18 heavy (non-hydrogen) atoms. The van der Waals surface area contributed by atoms with Crippen LogP contribution < -0.4 is 15.8 Å². The molecule has 1 saturated heterocycles. The summed E-state index contributed by atoms with van der Waals surface area (Å²) >= 11 is 0. The molecule has 1 atom stereocenters. The van der Waals surface area contributed by atoms with Crippen molar-refractivity contribution >= 4 is 15.7 Å². The van der Waals surface area contributed by atoms with E-state index < -0.39 is 10.0 Å². The number of benzene rings is 1. The average molecular weight is 269 g/mol. The highest BCUT2D eigenvalue weighted by Gasteiger charge is 2.15. The highest BCUT2D eigenvalue weighted by Crippen LogP contribution is 2.21. The molecular weight excluding hydrogens is 250 g/mol. The molecule has 0 aromatic heterocycles. The van der Waals surface area contributed by atoms with E-state index in [1.807, 2.05) is 6.92 Å². The van der Waals surface area contributed by atoms with Gasteiger partial charge in [-0.1, -0.05) is 6.07 Å². The summed E-state index contributed by atoms with van der Waals surface area (Å²) in [5.41, 5.74) is 1.86. The summed E-state index contributed by atoms with van der Waals surface area (Å²) in [7, 11) is -3.64. The molecule has 0 aliphatic carbocycles. The summed E-state index contributed by atoms with van der Waals surface area (Å²) in [6.45, 7) is 3.90. The van der Waals surface area contributed by atoms with Crippen LogP contribution in [0.15, 0.2) is 23.1 Å². The first-order valence-corrected chi connectivity index (χ1v) is 7.62. The van der Waals surface area contributed by atoms with Gasteiger partial charge in [-0.25, -0.2) is 13.6 Å². The molecular formula is C12H19N3O2S. The predicted octanol–water partition coefficient (Wildman–Crippen LogP) is 0.806. The van der Waals surface area contributed by atoms with Crippen molar-refractivity contribution in [2.75, 3.05) is 18.4 Å². The summed E-state index contributed by atoms with van der Waals surface area (Å²) in [5, 5.41) is 11.8. The van der Waals surface area contributed by atoms with Gasteiger partial charge in [0.1, 0.15) is 0 Å². The molecule has 2 rings (SSSR count). The molecule has 1 heterocycles. The van der Waals surface area contributed by atoms with Gasteiger partial charge < -0.3 is 10.6 Å². The molecule has 1 fully saturated rings. The number of hydrogen-bond acceptors (Lipinski definition) is 4. The van der Waals surface area contributed by atoms with Gasteiger partial charge in [0, 0.05) is 18.3 Å². The lowest BCUT2D eigenvalue weighted by Gasteiger charge is -2.25. The first-order valence-electron chi connectivity index (χ1n) is 6.07. The number of aryl methyl sites for hydroxylation is 1. The highest BCUT2D eigenvalue weighted by molar-refractivity contribution is 7.89. The highest BCUT2D eigenvalue weighted by atomic mass is 32.2. The third-order valence-electron chi connectivity index (χ3n) is 3.19. The molecule has 0 spiro atoms. The fourth-order valence-corrected chi connectivity index (χ4v) is 2.67. The van der Waals surface area contributed by atoms with Crippen molar-refractivity contribution < 1.29 is 8.42 Å². The molecule has 1 aliphatic heterocycles. The number of primary sulfonamides is 1. The third kappa shape index (κ3) is 3.22. The van der Waals surface area contributed by atoms with Crippen LogP contribution in [0.4, 0.5) is 5.69 Å². The second kappa shape index (κ2) is 5.26. The van der Waals surface area contributed by atoms with Gasteiger partial charge >= 0.3 is 0 Å². The second-order valence-electron chi connectivity index (χ2n) is 4.71. The summed E-state index contributed by atoms with van der Waals surface area (Å²) in [6, 6.07) is 5.26. The van der Waals surface area contributed by atoms with Crippen LogP contribution in [0.3, 0.4) is 0 Å². The van der Waals surface area contributed by atoms with Crippen molar-refractivity contribution in [2.45, 2.75) is 30.7 Å². The Morgan fingerprint density at radius 2 is 2.22 bits per heavy atom. The Bertz CT molecular complexity index is 522. The third-order valence-corrected chi connectivity index (χ3v) is 4.11. The molecule has 0 saturated carbocycles. The van der Waals surface area contributed by atoms with Crippen LogP contribution >= 0.6 is 0 Å². The molecule has 100 valence electrons. The zero-order chi connectivity index (χ0) is 13.2. The van der Waals surface area contributed by atoms with Crippen LogP contribution in [-0.2, 0) is 10.0 Å². The molecule has 4 N–H and O–H groups in total. The van der Waals surface area contributed by atoms with Crippen LogP contribution in [-0.4, -0.2) is 27.5 Å². The Labute approximate surface area is 108 Å². The summed E-state index contributed by atoms with van der Waals surface area (Å²) in [5.74, 6) is 0. The zero-order valence-corrected chi connectivity index (χ0v) is 11.3. The summed E-state index contributed by atoms with van der Waals surface area (Å²) < 4.78 is 22.7. The lowest BCUT2D eigenvalue weighted by molar-refractivity contribution is 0.479. The largest absolute Gasteiger partial charge is 0.381 e. The van der Waals surface area contributed by atoms with E-state index in [1.165, 1.54) is 6.07 Å². The molecule has 0 amide bonds. The molecule has 1 aromatic rings. The standard InChI is InChI=1S/C12H19N3O2S/c1-9-4-5-11(18(13,16)17)7-12(9)15-10-3-2-6-14-8-10/h4-5,7,10,14-15H,2-3,6,8H2,1H3,(H2,13,16,17). The van der Waals surface area contributed by atoms with E-state index in [-0.39, 0.29) is 4.90 Å². The van der Waals surface area contributed by atoms with Gasteiger partial charge in [-0.05, 0) is 44.0 Å². The van der Waals surface area contributed by atoms with Crippen LogP contribution in [0.2, 0.25) is 0 Å². The van der Waals surface area contributed by atoms with Gasteiger partial charge in [-0.2, -0.15) is 0 Å². The topological polar surface area (TPSA) is 84.2 Å². The maximum absolute atomic E-state index is 11.3. The van der Waals surface area contributed by atoms with Crippen molar-refractivity contribution in [3.8, 4) is 0 Å². The van der Waals surface area contributed by atoms with E-state index >= 15 is 0 Å². The van der Waals surface area contributed by atoms with Crippen LogP contribution in [0.5, 0.6) is 0 Å². The smallest absolute Gasteiger partial charge is 0.238 e. The lowest BCUT2D eigenvalue weighted by Crippen LogP contribution is -2.38. The molecule has 1 aromatic carbocycles. The monoisotopic (exact) mass is 269 g/mol. The van der Waals surface area contributed by atoms with Crippen molar-refractivity contribution in [1.82, 2.24) is 5.32 Å². The van der Waals surface area contributed by atoms with E-state index in [1.54, 1.807) is 12.1 Å². The van der Waals surface area contributed by atoms with Crippen molar-refractivity contribution in [2.24, 2.45) is 5.14 Å². The van der Waals surface area contributed by atoms with E-state index in [0.717, 1.165) is 37.2 Å². The lowest BCUT2D eigenvalue weighted by atomic mass is 10.1. The number of rotatable bonds is 3. The average Bonchev–Trinajstić information content (AvgIpc) is 2.32. The fraction of sp³-hybridized carbons (Fsp3) is 0.500. The Balaban J connectivity index is 2.21. The predicted molar refractivity (Wildman–Crippen MR) is 72.1 cm³/mol. The van der Waals surface area contributed by atoms with Crippen LogP contribution in [0.1, 0.15) is 18.4 Å². The Hall–Kier alpha value is -1.11. The SMILES string of the molecule is Cc1ccc(S(N)(=O)=O)cc1NC1CCCNC1. The summed E-state index contributed by atoms with van der Waals surface area (Å²) in [4.78, 5) is 0.152. The maximum Gasteiger partial charge on any atom is 0.238 e. The van der Waals surface area contributed by atoms with Crippen LogP contribution in [0, 0.1) is 6.92 Å². The van der Waals surface area contributed by atoms with Crippen molar-refractivity contribution in [3.05, 3.63) is 23.8 Å². The number of nitrogens with one attached hydrogen (secondary N) is 2. The minimum Gasteiger partial charge on any atom is -0.381 e. The normalized spacial score (nSPS) is 20.7. The number of nitrogens with two attached hydrogens (primary N) is 1. The molecule has 0 radical (unpaired) electrons. The number of hydrogen-bond donors (Lipinski definition) is 3. The molecule has 0 bridgehead atoms. The molecule has 6 heteroatoms. The molecule has 1 aliphatic rings. The first kappa shape index (κ1) is 13.3. The van der Waals surface area contributed by atoms with E-state index in [2.05, 4.69) is 10.6 Å². The van der Waals surface area contributed by atoms with Crippen molar-refractivity contribution in [3.63, 3.8) is 0 Å². The quantitative estimate of drug-likeness (QED) is 0.758. The second-order valence-corrected chi connectivity index (χ2v) is 6.27. The van der Waals surface area contributed by atoms with Gasteiger partial charge in [-0.15, -0.1) is 0 Å². The van der Waals surface area contributed by atoms with Gasteiger partial charge in [0.2, 0.25) is 10.0 Å². The van der Waals surface area contributed by atoms with Gasteiger partial charge in [0.05, 0.1) is 4.90 Å². The van der Waals surface area contributed by atoms with Gasteiger partial charge in [0.15, 0.2) is 0 Å².